The van der Waals surface area contributed by atoms with Crippen LogP contribution in [0.5, 0.6) is 5.75 Å². The number of rotatable bonds is 5. The molecule has 0 N–H and O–H groups in total. The highest BCUT2D eigenvalue weighted by Crippen LogP contribution is 2.28. The Morgan fingerprint density at radius 2 is 2.08 bits per heavy atom. The van der Waals surface area contributed by atoms with E-state index < -0.39 is 9.84 Å². The molecule has 0 aromatic carbocycles. The first kappa shape index (κ1) is 16.3. The van der Waals surface area contributed by atoms with Gasteiger partial charge in [-0.05, 0) is 18.2 Å². The van der Waals surface area contributed by atoms with Crippen molar-refractivity contribution in [2.24, 2.45) is 0 Å². The van der Waals surface area contributed by atoms with Crippen molar-refractivity contribution in [3.8, 4) is 5.75 Å². The van der Waals surface area contributed by atoms with Crippen molar-refractivity contribution < 1.29 is 13.2 Å². The molecule has 24 heavy (non-hydrogen) atoms. The summed E-state index contributed by atoms with van der Waals surface area (Å²) in [4.78, 5) is 12.4. The van der Waals surface area contributed by atoms with Crippen molar-refractivity contribution in [3.63, 3.8) is 0 Å². The van der Waals surface area contributed by atoms with Gasteiger partial charge < -0.3 is 4.74 Å². The number of hydrogen-bond acceptors (Lipinski definition) is 6. The average molecular weight is 343 g/mol. The SMILES string of the molecule is CCS(=O)(=O)c1ccc(OC2=CC=CC(c3cnccn3)C2)cn1. The van der Waals surface area contributed by atoms with Crippen LogP contribution in [0.3, 0.4) is 0 Å². The van der Waals surface area contributed by atoms with E-state index in [1.165, 1.54) is 12.3 Å². The molecule has 1 unspecified atom stereocenters. The summed E-state index contributed by atoms with van der Waals surface area (Å²) < 4.78 is 29.3. The highest BCUT2D eigenvalue weighted by atomic mass is 32.2. The van der Waals surface area contributed by atoms with Gasteiger partial charge in [0, 0.05) is 30.9 Å². The fourth-order valence-electron chi connectivity index (χ4n) is 2.34. The van der Waals surface area contributed by atoms with Gasteiger partial charge in [-0.15, -0.1) is 0 Å². The lowest BCUT2D eigenvalue weighted by Crippen LogP contribution is -2.08. The number of ether oxygens (including phenoxy) is 1. The summed E-state index contributed by atoms with van der Waals surface area (Å²) in [5.41, 5.74) is 0.880. The second kappa shape index (κ2) is 6.92. The first-order valence-corrected chi connectivity index (χ1v) is 9.23. The maximum absolute atomic E-state index is 11.8. The van der Waals surface area contributed by atoms with Gasteiger partial charge in [-0.25, -0.2) is 13.4 Å². The molecule has 124 valence electrons. The molecule has 2 aromatic rings. The van der Waals surface area contributed by atoms with Crippen LogP contribution in [-0.2, 0) is 9.84 Å². The normalized spacial score (nSPS) is 17.4. The largest absolute Gasteiger partial charge is 0.460 e. The molecule has 0 saturated heterocycles. The van der Waals surface area contributed by atoms with Gasteiger partial charge in [0.15, 0.2) is 14.9 Å². The van der Waals surface area contributed by atoms with E-state index in [0.29, 0.717) is 12.2 Å². The van der Waals surface area contributed by atoms with Crippen LogP contribution in [0.2, 0.25) is 0 Å². The fourth-order valence-corrected chi connectivity index (χ4v) is 3.13. The van der Waals surface area contributed by atoms with Crippen LogP contribution in [0.1, 0.15) is 25.0 Å². The molecule has 1 atom stereocenters. The first-order chi connectivity index (χ1) is 11.6. The maximum atomic E-state index is 11.8. The van der Waals surface area contributed by atoms with Crippen LogP contribution in [-0.4, -0.2) is 29.1 Å². The molecule has 0 aliphatic heterocycles. The quantitative estimate of drug-likeness (QED) is 0.830. The first-order valence-electron chi connectivity index (χ1n) is 7.58. The molecular formula is C17H17N3O3S. The van der Waals surface area contributed by atoms with Gasteiger partial charge in [0.25, 0.3) is 0 Å². The molecule has 6 nitrogen and oxygen atoms in total. The summed E-state index contributed by atoms with van der Waals surface area (Å²) in [5, 5.41) is 0.0623. The smallest absolute Gasteiger partial charge is 0.195 e. The summed E-state index contributed by atoms with van der Waals surface area (Å²) in [7, 11) is -3.30. The molecule has 2 heterocycles. The van der Waals surface area contributed by atoms with E-state index in [0.717, 1.165) is 11.5 Å². The fraction of sp³-hybridized carbons (Fsp3) is 0.235. The van der Waals surface area contributed by atoms with Crippen LogP contribution in [0, 0.1) is 0 Å². The highest BCUT2D eigenvalue weighted by molar-refractivity contribution is 7.91. The third-order valence-corrected chi connectivity index (χ3v) is 5.31. The van der Waals surface area contributed by atoms with Crippen molar-refractivity contribution in [2.45, 2.75) is 24.3 Å². The zero-order valence-corrected chi connectivity index (χ0v) is 14.0. The van der Waals surface area contributed by atoms with Crippen LogP contribution >= 0.6 is 0 Å². The number of hydrogen-bond donors (Lipinski definition) is 0. The Labute approximate surface area is 140 Å². The van der Waals surface area contributed by atoms with Gasteiger partial charge in [-0.3, -0.25) is 9.97 Å². The van der Waals surface area contributed by atoms with E-state index in [1.807, 2.05) is 18.2 Å². The second-order valence-electron chi connectivity index (χ2n) is 5.30. The van der Waals surface area contributed by atoms with Gasteiger partial charge in [-0.2, -0.15) is 0 Å². The lowest BCUT2D eigenvalue weighted by Gasteiger charge is -2.18. The Bertz CT molecular complexity index is 860. The molecule has 3 rings (SSSR count). The monoisotopic (exact) mass is 343 g/mol. The lowest BCUT2D eigenvalue weighted by molar-refractivity contribution is 0.391. The zero-order chi connectivity index (χ0) is 17.0. The molecule has 0 amide bonds. The molecule has 0 spiro atoms. The molecule has 7 heteroatoms. The number of sulfone groups is 1. The van der Waals surface area contributed by atoms with E-state index in [-0.39, 0.29) is 16.7 Å². The van der Waals surface area contributed by atoms with Crippen molar-refractivity contribution in [3.05, 3.63) is 66.6 Å². The third-order valence-electron chi connectivity index (χ3n) is 3.67. The third kappa shape index (κ3) is 3.68. The minimum Gasteiger partial charge on any atom is -0.460 e. The summed E-state index contributed by atoms with van der Waals surface area (Å²) in [6.45, 7) is 1.59. The minimum atomic E-state index is -3.30. The molecule has 1 aliphatic carbocycles. The van der Waals surface area contributed by atoms with Crippen molar-refractivity contribution in [2.75, 3.05) is 5.75 Å². The Morgan fingerprint density at radius 3 is 2.75 bits per heavy atom. The Balaban J connectivity index is 1.70. The molecule has 2 aromatic heterocycles. The van der Waals surface area contributed by atoms with Crippen molar-refractivity contribution >= 4 is 9.84 Å². The summed E-state index contributed by atoms with van der Waals surface area (Å²) in [6, 6.07) is 3.08. The molecule has 1 aliphatic rings. The van der Waals surface area contributed by atoms with E-state index in [1.54, 1.807) is 31.6 Å². The van der Waals surface area contributed by atoms with Gasteiger partial charge in [0.1, 0.15) is 11.5 Å². The molecular weight excluding hydrogens is 326 g/mol. The Hall–Kier alpha value is -2.54. The van der Waals surface area contributed by atoms with Gasteiger partial charge >= 0.3 is 0 Å². The molecule has 0 bridgehead atoms. The van der Waals surface area contributed by atoms with Crippen LogP contribution in [0.15, 0.2) is 65.9 Å². The van der Waals surface area contributed by atoms with Gasteiger partial charge in [-0.1, -0.05) is 19.1 Å². The highest BCUT2D eigenvalue weighted by Gasteiger charge is 2.17. The molecule has 0 fully saturated rings. The predicted octanol–water partition coefficient (Wildman–Crippen LogP) is 2.67. The van der Waals surface area contributed by atoms with Gasteiger partial charge in [0.05, 0.1) is 17.6 Å². The topological polar surface area (TPSA) is 82.0 Å². The van der Waals surface area contributed by atoms with Crippen LogP contribution < -0.4 is 4.74 Å². The maximum Gasteiger partial charge on any atom is 0.195 e. The van der Waals surface area contributed by atoms with Gasteiger partial charge in [0.2, 0.25) is 0 Å². The standard InChI is InChI=1S/C17H17N3O3S/c1-2-24(21,22)17-7-6-15(11-20-17)23-14-5-3-4-13(10-14)16-12-18-8-9-19-16/h3-9,11-13H,2,10H2,1H3. The average Bonchev–Trinajstić information content (AvgIpc) is 2.63. The van der Waals surface area contributed by atoms with E-state index in [2.05, 4.69) is 15.0 Å². The zero-order valence-electron chi connectivity index (χ0n) is 13.2. The molecule has 0 saturated carbocycles. The molecule has 0 radical (unpaired) electrons. The number of allylic oxidation sites excluding steroid dienone is 4. The van der Waals surface area contributed by atoms with E-state index in [9.17, 15) is 8.42 Å². The second-order valence-corrected chi connectivity index (χ2v) is 7.52. The summed E-state index contributed by atoms with van der Waals surface area (Å²) >= 11 is 0. The Morgan fingerprint density at radius 1 is 1.21 bits per heavy atom. The van der Waals surface area contributed by atoms with Crippen molar-refractivity contribution in [1.29, 1.82) is 0 Å². The van der Waals surface area contributed by atoms with Crippen LogP contribution in [0.25, 0.3) is 0 Å². The summed E-state index contributed by atoms with van der Waals surface area (Å²) in [6.07, 6.45) is 13.0. The number of pyridine rings is 1. The number of nitrogens with zero attached hydrogens (tertiary/aromatic N) is 3. The Kier molecular flexibility index (Phi) is 4.71. The van der Waals surface area contributed by atoms with Crippen molar-refractivity contribution in [1.82, 2.24) is 15.0 Å². The lowest BCUT2D eigenvalue weighted by atomic mass is 9.96. The minimum absolute atomic E-state index is 0.0238. The number of aromatic nitrogens is 3. The van der Waals surface area contributed by atoms with E-state index in [4.69, 9.17) is 4.74 Å². The van der Waals surface area contributed by atoms with Crippen LogP contribution in [0.4, 0.5) is 0 Å². The predicted molar refractivity (Wildman–Crippen MR) is 89.2 cm³/mol. The summed E-state index contributed by atoms with van der Waals surface area (Å²) in [5.74, 6) is 1.40. The van der Waals surface area contributed by atoms with E-state index >= 15 is 0 Å².